The molecule has 0 bridgehead atoms. The van der Waals surface area contributed by atoms with E-state index in [1.165, 1.54) is 30.6 Å². The average molecular weight is 175 g/mol. The van der Waals surface area contributed by atoms with Gasteiger partial charge in [0.2, 0.25) is 0 Å². The van der Waals surface area contributed by atoms with Gasteiger partial charge in [0.05, 0.1) is 0 Å². The van der Waals surface area contributed by atoms with Crippen LogP contribution in [0, 0.1) is 5.92 Å². The lowest BCUT2D eigenvalue weighted by Crippen LogP contribution is -2.18. The first-order chi connectivity index (χ1) is 6.27. The monoisotopic (exact) mass is 175 g/mol. The quantitative estimate of drug-likeness (QED) is 0.586. The Morgan fingerprint density at radius 3 is 2.92 bits per heavy atom. The predicted octanol–water partition coefficient (Wildman–Crippen LogP) is 2.71. The molecular weight excluding hydrogens is 158 g/mol. The highest BCUT2D eigenvalue weighted by Crippen LogP contribution is 2.27. The Morgan fingerprint density at radius 2 is 2.08 bits per heavy atom. The summed E-state index contributed by atoms with van der Waals surface area (Å²) in [5.74, 6) is 0.825. The standard InChI is InChI=1S/C12H17N/c1-10-7-8-13(2)12-6-4-3-5-11(12)9-10/h3-6,10H,7-9H2,1-2H3/t10-/m1/s1. The van der Waals surface area contributed by atoms with Gasteiger partial charge in [-0.15, -0.1) is 0 Å². The number of anilines is 1. The molecular formula is C12H17N. The van der Waals surface area contributed by atoms with Crippen LogP contribution >= 0.6 is 0 Å². The van der Waals surface area contributed by atoms with E-state index in [0.29, 0.717) is 0 Å². The van der Waals surface area contributed by atoms with Crippen molar-refractivity contribution in [3.63, 3.8) is 0 Å². The van der Waals surface area contributed by atoms with Crippen LogP contribution in [0.3, 0.4) is 0 Å². The van der Waals surface area contributed by atoms with Gasteiger partial charge in [0.1, 0.15) is 0 Å². The fourth-order valence-electron chi connectivity index (χ4n) is 2.07. The van der Waals surface area contributed by atoms with Gasteiger partial charge < -0.3 is 4.90 Å². The largest absolute Gasteiger partial charge is 0.374 e. The Hall–Kier alpha value is -0.980. The summed E-state index contributed by atoms with van der Waals surface area (Å²) in [6.45, 7) is 3.54. The van der Waals surface area contributed by atoms with E-state index in [0.717, 1.165) is 5.92 Å². The summed E-state index contributed by atoms with van der Waals surface area (Å²) in [6.07, 6.45) is 2.55. The molecule has 1 nitrogen and oxygen atoms in total. The van der Waals surface area contributed by atoms with Crippen molar-refractivity contribution in [2.24, 2.45) is 5.92 Å². The van der Waals surface area contributed by atoms with E-state index in [1.54, 1.807) is 0 Å². The molecule has 1 atom stereocenters. The second-order valence-electron chi connectivity index (χ2n) is 4.15. The first-order valence-corrected chi connectivity index (χ1v) is 5.06. The van der Waals surface area contributed by atoms with Crippen molar-refractivity contribution in [2.75, 3.05) is 18.5 Å². The lowest BCUT2D eigenvalue weighted by molar-refractivity contribution is 0.547. The molecule has 70 valence electrons. The van der Waals surface area contributed by atoms with E-state index >= 15 is 0 Å². The maximum atomic E-state index is 2.37. The van der Waals surface area contributed by atoms with Crippen molar-refractivity contribution in [3.8, 4) is 0 Å². The Labute approximate surface area is 80.4 Å². The van der Waals surface area contributed by atoms with Gasteiger partial charge >= 0.3 is 0 Å². The first-order valence-electron chi connectivity index (χ1n) is 5.06. The summed E-state index contributed by atoms with van der Waals surface area (Å²) in [6, 6.07) is 8.76. The van der Waals surface area contributed by atoms with Gasteiger partial charge in [-0.05, 0) is 30.4 Å². The van der Waals surface area contributed by atoms with Gasteiger partial charge in [-0.2, -0.15) is 0 Å². The highest BCUT2D eigenvalue weighted by molar-refractivity contribution is 5.53. The second-order valence-corrected chi connectivity index (χ2v) is 4.15. The third-order valence-electron chi connectivity index (χ3n) is 2.93. The molecule has 0 unspecified atom stereocenters. The van der Waals surface area contributed by atoms with E-state index < -0.39 is 0 Å². The van der Waals surface area contributed by atoms with Crippen molar-refractivity contribution in [3.05, 3.63) is 29.8 Å². The van der Waals surface area contributed by atoms with E-state index in [4.69, 9.17) is 0 Å². The molecule has 0 radical (unpaired) electrons. The van der Waals surface area contributed by atoms with E-state index in [-0.39, 0.29) is 0 Å². The fourth-order valence-corrected chi connectivity index (χ4v) is 2.07. The SMILES string of the molecule is C[C@@H]1CCN(C)c2ccccc2C1. The average Bonchev–Trinajstić information content (AvgIpc) is 2.27. The minimum atomic E-state index is 0.825. The minimum absolute atomic E-state index is 0.825. The Balaban J connectivity index is 2.38. The molecule has 1 aromatic rings. The van der Waals surface area contributed by atoms with Crippen LogP contribution in [0.15, 0.2) is 24.3 Å². The van der Waals surface area contributed by atoms with E-state index in [2.05, 4.69) is 43.1 Å². The van der Waals surface area contributed by atoms with E-state index in [1.807, 2.05) is 0 Å². The van der Waals surface area contributed by atoms with E-state index in [9.17, 15) is 0 Å². The summed E-state index contributed by atoms with van der Waals surface area (Å²) in [5, 5.41) is 0. The molecule has 0 aliphatic carbocycles. The molecule has 1 heteroatoms. The summed E-state index contributed by atoms with van der Waals surface area (Å²) >= 11 is 0. The lowest BCUT2D eigenvalue weighted by atomic mass is 9.99. The van der Waals surface area contributed by atoms with Crippen molar-refractivity contribution in [2.45, 2.75) is 19.8 Å². The number of hydrogen-bond acceptors (Lipinski definition) is 1. The van der Waals surface area contributed by atoms with Crippen molar-refractivity contribution >= 4 is 5.69 Å². The molecule has 1 aromatic carbocycles. The molecule has 1 aliphatic rings. The van der Waals surface area contributed by atoms with Crippen molar-refractivity contribution < 1.29 is 0 Å². The van der Waals surface area contributed by atoms with Gasteiger partial charge in [-0.3, -0.25) is 0 Å². The maximum Gasteiger partial charge on any atom is 0.0396 e. The molecule has 0 N–H and O–H groups in total. The molecule has 13 heavy (non-hydrogen) atoms. The van der Waals surface area contributed by atoms with Gasteiger partial charge in [0, 0.05) is 19.3 Å². The van der Waals surface area contributed by atoms with Crippen LogP contribution in [-0.2, 0) is 6.42 Å². The molecule has 0 spiro atoms. The Morgan fingerprint density at radius 1 is 1.31 bits per heavy atom. The predicted molar refractivity (Wildman–Crippen MR) is 57.2 cm³/mol. The molecule has 0 saturated carbocycles. The minimum Gasteiger partial charge on any atom is -0.374 e. The Bertz CT molecular complexity index is 293. The zero-order chi connectivity index (χ0) is 9.26. The highest BCUT2D eigenvalue weighted by atomic mass is 15.1. The third-order valence-corrected chi connectivity index (χ3v) is 2.93. The smallest absolute Gasteiger partial charge is 0.0396 e. The molecule has 0 amide bonds. The van der Waals surface area contributed by atoms with Crippen LogP contribution in [0.4, 0.5) is 5.69 Å². The third kappa shape index (κ3) is 1.69. The van der Waals surface area contributed by atoms with Crippen LogP contribution in [0.2, 0.25) is 0 Å². The summed E-state index contributed by atoms with van der Waals surface area (Å²) in [4.78, 5) is 2.37. The van der Waals surface area contributed by atoms with Crippen LogP contribution in [0.5, 0.6) is 0 Å². The van der Waals surface area contributed by atoms with Gasteiger partial charge in [0.25, 0.3) is 0 Å². The second kappa shape index (κ2) is 3.41. The summed E-state index contributed by atoms with van der Waals surface area (Å²) in [7, 11) is 2.19. The summed E-state index contributed by atoms with van der Waals surface area (Å²) in [5.41, 5.74) is 2.93. The number of hydrogen-bond donors (Lipinski definition) is 0. The highest BCUT2D eigenvalue weighted by Gasteiger charge is 2.15. The van der Waals surface area contributed by atoms with Crippen molar-refractivity contribution in [1.29, 1.82) is 0 Å². The molecule has 0 aromatic heterocycles. The zero-order valence-electron chi connectivity index (χ0n) is 8.46. The number of rotatable bonds is 0. The topological polar surface area (TPSA) is 3.24 Å². The van der Waals surface area contributed by atoms with Crippen LogP contribution in [-0.4, -0.2) is 13.6 Å². The van der Waals surface area contributed by atoms with Gasteiger partial charge in [-0.1, -0.05) is 25.1 Å². The maximum absolute atomic E-state index is 2.37. The normalized spacial score (nSPS) is 22.3. The zero-order valence-corrected chi connectivity index (χ0v) is 8.46. The Kier molecular flexibility index (Phi) is 2.26. The van der Waals surface area contributed by atoms with Crippen LogP contribution < -0.4 is 4.90 Å². The fraction of sp³-hybridized carbons (Fsp3) is 0.500. The summed E-state index contributed by atoms with van der Waals surface area (Å²) < 4.78 is 0. The molecule has 1 heterocycles. The van der Waals surface area contributed by atoms with Gasteiger partial charge in [-0.25, -0.2) is 0 Å². The van der Waals surface area contributed by atoms with Crippen LogP contribution in [0.25, 0.3) is 0 Å². The number of benzene rings is 1. The molecule has 1 aliphatic heterocycles. The number of para-hydroxylation sites is 1. The van der Waals surface area contributed by atoms with Crippen LogP contribution in [0.1, 0.15) is 18.9 Å². The molecule has 0 saturated heterocycles. The van der Waals surface area contributed by atoms with Crippen molar-refractivity contribution in [1.82, 2.24) is 0 Å². The number of fused-ring (bicyclic) bond motifs is 1. The first kappa shape index (κ1) is 8.61. The molecule has 2 rings (SSSR count). The molecule has 0 fully saturated rings. The lowest BCUT2D eigenvalue weighted by Gasteiger charge is -2.18. The van der Waals surface area contributed by atoms with Gasteiger partial charge in [0.15, 0.2) is 0 Å². The number of nitrogens with zero attached hydrogens (tertiary/aromatic N) is 1.